The number of amides is 1. The van der Waals surface area contributed by atoms with E-state index in [1.807, 2.05) is 102 Å². The first kappa shape index (κ1) is 22.4. The number of fused-ring (bicyclic) bond motifs is 1. The number of hydrogen-bond acceptors (Lipinski definition) is 4. The summed E-state index contributed by atoms with van der Waals surface area (Å²) in [7, 11) is 1.61. The highest BCUT2D eigenvalue weighted by atomic mass is 16.5. The second-order valence-electron chi connectivity index (χ2n) is 8.14. The van der Waals surface area contributed by atoms with Gasteiger partial charge in [0.1, 0.15) is 19.0 Å². The van der Waals surface area contributed by atoms with Crippen molar-refractivity contribution >= 4 is 16.9 Å². The van der Waals surface area contributed by atoms with Crippen LogP contribution in [0.1, 0.15) is 25.2 Å². The highest BCUT2D eigenvalue weighted by Gasteiger charge is 2.21. The second-order valence-corrected chi connectivity index (χ2v) is 8.14. The fourth-order valence-corrected chi connectivity index (χ4v) is 3.86. The summed E-state index contributed by atoms with van der Waals surface area (Å²) in [4.78, 5) is 20.1. The number of imidazole rings is 1. The number of methoxy groups -OCH3 is 1. The van der Waals surface area contributed by atoms with Gasteiger partial charge in [0.2, 0.25) is 5.91 Å². The van der Waals surface area contributed by atoms with E-state index in [0.717, 1.165) is 16.6 Å². The lowest BCUT2D eigenvalue weighted by atomic mass is 10.2. The molecule has 0 unspecified atom stereocenters. The predicted molar refractivity (Wildman–Crippen MR) is 129 cm³/mol. The Kier molecular flexibility index (Phi) is 6.93. The summed E-state index contributed by atoms with van der Waals surface area (Å²) in [6.45, 7) is 5.06. The first-order valence-corrected chi connectivity index (χ1v) is 11.1. The van der Waals surface area contributed by atoms with Crippen molar-refractivity contribution in [2.75, 3.05) is 7.11 Å². The van der Waals surface area contributed by atoms with Crippen LogP contribution in [0.25, 0.3) is 11.0 Å². The molecule has 1 aromatic heterocycles. The monoisotopic (exact) mass is 443 g/mol. The summed E-state index contributed by atoms with van der Waals surface area (Å²) in [6, 6.07) is 25.5. The molecule has 170 valence electrons. The van der Waals surface area contributed by atoms with Crippen LogP contribution in [0.15, 0.2) is 78.9 Å². The lowest BCUT2D eigenvalue weighted by molar-refractivity contribution is -0.134. The van der Waals surface area contributed by atoms with Crippen molar-refractivity contribution < 1.29 is 14.3 Å². The number of rotatable bonds is 9. The molecule has 0 spiro atoms. The third-order valence-electron chi connectivity index (χ3n) is 5.59. The SMILES string of the molecule is COc1ccccc1OCc1nc2ccccc2n1CC(=O)N(Cc1ccccc1)C(C)C. The Balaban J connectivity index is 1.60. The van der Waals surface area contributed by atoms with Crippen molar-refractivity contribution in [1.29, 1.82) is 0 Å². The summed E-state index contributed by atoms with van der Waals surface area (Å²) in [5, 5.41) is 0. The van der Waals surface area contributed by atoms with Gasteiger partial charge in [0, 0.05) is 12.6 Å². The summed E-state index contributed by atoms with van der Waals surface area (Å²) in [6.07, 6.45) is 0. The Labute approximate surface area is 194 Å². The highest BCUT2D eigenvalue weighted by Crippen LogP contribution is 2.27. The van der Waals surface area contributed by atoms with Crippen LogP contribution in [0, 0.1) is 0 Å². The number of para-hydroxylation sites is 4. The van der Waals surface area contributed by atoms with E-state index >= 15 is 0 Å². The molecule has 0 radical (unpaired) electrons. The molecule has 4 rings (SSSR count). The Morgan fingerprint density at radius 2 is 1.61 bits per heavy atom. The van der Waals surface area contributed by atoms with Crippen LogP contribution in [0.2, 0.25) is 0 Å². The molecule has 0 fully saturated rings. The third kappa shape index (κ3) is 5.17. The van der Waals surface area contributed by atoms with E-state index in [-0.39, 0.29) is 25.1 Å². The minimum atomic E-state index is 0.0375. The van der Waals surface area contributed by atoms with E-state index in [9.17, 15) is 4.79 Å². The zero-order chi connectivity index (χ0) is 23.2. The van der Waals surface area contributed by atoms with Crippen LogP contribution >= 0.6 is 0 Å². The van der Waals surface area contributed by atoms with Crippen molar-refractivity contribution in [2.45, 2.75) is 39.6 Å². The molecular weight excluding hydrogens is 414 g/mol. The maximum Gasteiger partial charge on any atom is 0.243 e. The van der Waals surface area contributed by atoms with E-state index in [4.69, 9.17) is 14.5 Å². The summed E-state index contributed by atoms with van der Waals surface area (Å²) in [5.74, 6) is 2.03. The Morgan fingerprint density at radius 3 is 2.33 bits per heavy atom. The maximum atomic E-state index is 13.4. The van der Waals surface area contributed by atoms with Crippen molar-refractivity contribution in [3.63, 3.8) is 0 Å². The average molecular weight is 444 g/mol. The Bertz CT molecular complexity index is 1220. The van der Waals surface area contributed by atoms with E-state index < -0.39 is 0 Å². The number of aromatic nitrogens is 2. The van der Waals surface area contributed by atoms with Gasteiger partial charge in [-0.25, -0.2) is 4.98 Å². The molecule has 6 heteroatoms. The molecule has 4 aromatic rings. The smallest absolute Gasteiger partial charge is 0.243 e. The van der Waals surface area contributed by atoms with E-state index in [0.29, 0.717) is 23.9 Å². The molecule has 1 amide bonds. The van der Waals surface area contributed by atoms with Gasteiger partial charge in [-0.15, -0.1) is 0 Å². The summed E-state index contributed by atoms with van der Waals surface area (Å²) in [5.41, 5.74) is 2.85. The summed E-state index contributed by atoms with van der Waals surface area (Å²) >= 11 is 0. The first-order valence-electron chi connectivity index (χ1n) is 11.1. The molecule has 0 aliphatic carbocycles. The van der Waals surface area contributed by atoms with Gasteiger partial charge in [-0.3, -0.25) is 4.79 Å². The largest absolute Gasteiger partial charge is 0.493 e. The number of carbonyl (C=O) groups excluding carboxylic acids is 1. The van der Waals surface area contributed by atoms with E-state index in [1.54, 1.807) is 7.11 Å². The molecule has 33 heavy (non-hydrogen) atoms. The molecule has 6 nitrogen and oxygen atoms in total. The van der Waals surface area contributed by atoms with E-state index in [2.05, 4.69) is 0 Å². The topological polar surface area (TPSA) is 56.6 Å². The van der Waals surface area contributed by atoms with Gasteiger partial charge in [-0.2, -0.15) is 0 Å². The molecule has 0 bridgehead atoms. The van der Waals surface area contributed by atoms with Crippen LogP contribution < -0.4 is 9.47 Å². The van der Waals surface area contributed by atoms with Crippen molar-refractivity contribution in [3.05, 3.63) is 90.3 Å². The Hall–Kier alpha value is -3.80. The standard InChI is InChI=1S/C27H29N3O3/c1-20(2)29(17-21-11-5-4-6-12-21)27(31)18-30-23-14-8-7-13-22(23)28-26(30)19-33-25-16-10-9-15-24(25)32-3/h4-16,20H,17-19H2,1-3H3. The zero-order valence-corrected chi connectivity index (χ0v) is 19.3. The molecule has 0 atom stereocenters. The first-order chi connectivity index (χ1) is 16.1. The molecule has 0 saturated heterocycles. The lowest BCUT2D eigenvalue weighted by Crippen LogP contribution is -2.38. The number of benzene rings is 3. The third-order valence-corrected chi connectivity index (χ3v) is 5.59. The number of hydrogen-bond donors (Lipinski definition) is 0. The zero-order valence-electron chi connectivity index (χ0n) is 19.3. The molecular formula is C27H29N3O3. The van der Waals surface area contributed by atoms with Crippen LogP contribution in [-0.2, 0) is 24.5 Å². The van der Waals surface area contributed by atoms with Crippen molar-refractivity contribution in [2.24, 2.45) is 0 Å². The molecule has 0 aliphatic heterocycles. The summed E-state index contributed by atoms with van der Waals surface area (Å²) < 4.78 is 13.4. The minimum absolute atomic E-state index is 0.0375. The quantitative estimate of drug-likeness (QED) is 0.363. The van der Waals surface area contributed by atoms with Gasteiger partial charge in [0.05, 0.1) is 18.1 Å². The van der Waals surface area contributed by atoms with Crippen molar-refractivity contribution in [1.82, 2.24) is 14.5 Å². The Morgan fingerprint density at radius 1 is 0.939 bits per heavy atom. The molecule has 1 heterocycles. The van der Waals surface area contributed by atoms with Crippen molar-refractivity contribution in [3.8, 4) is 11.5 Å². The van der Waals surface area contributed by atoms with Crippen LogP contribution in [-0.4, -0.2) is 33.5 Å². The van der Waals surface area contributed by atoms with Gasteiger partial charge in [-0.1, -0.05) is 54.6 Å². The van der Waals surface area contributed by atoms with Gasteiger partial charge in [0.25, 0.3) is 0 Å². The fourth-order valence-electron chi connectivity index (χ4n) is 3.86. The number of ether oxygens (including phenoxy) is 2. The van der Waals surface area contributed by atoms with Gasteiger partial charge in [-0.05, 0) is 43.7 Å². The highest BCUT2D eigenvalue weighted by molar-refractivity contribution is 5.81. The molecule has 3 aromatic carbocycles. The fraction of sp³-hybridized carbons (Fsp3) is 0.259. The van der Waals surface area contributed by atoms with Gasteiger partial charge in [0.15, 0.2) is 11.5 Å². The van der Waals surface area contributed by atoms with Gasteiger partial charge < -0.3 is 18.9 Å². The van der Waals surface area contributed by atoms with Gasteiger partial charge >= 0.3 is 0 Å². The predicted octanol–water partition coefficient (Wildman–Crippen LogP) is 5.06. The number of carbonyl (C=O) groups is 1. The molecule has 0 aliphatic rings. The maximum absolute atomic E-state index is 13.4. The van der Waals surface area contributed by atoms with Crippen LogP contribution in [0.5, 0.6) is 11.5 Å². The second kappa shape index (κ2) is 10.2. The molecule has 0 saturated carbocycles. The lowest BCUT2D eigenvalue weighted by Gasteiger charge is -2.27. The number of nitrogens with zero attached hydrogens (tertiary/aromatic N) is 3. The van der Waals surface area contributed by atoms with E-state index in [1.165, 1.54) is 0 Å². The van der Waals surface area contributed by atoms with Crippen LogP contribution in [0.4, 0.5) is 0 Å². The average Bonchev–Trinajstić information content (AvgIpc) is 3.19. The van der Waals surface area contributed by atoms with Crippen LogP contribution in [0.3, 0.4) is 0 Å². The minimum Gasteiger partial charge on any atom is -0.493 e. The molecule has 0 N–H and O–H groups in total. The normalized spacial score (nSPS) is 11.0.